The van der Waals surface area contributed by atoms with E-state index in [1.807, 2.05) is 12.3 Å². The number of aromatic nitrogens is 1. The van der Waals surface area contributed by atoms with Gasteiger partial charge in [0.2, 0.25) is 5.88 Å². The maximum absolute atomic E-state index is 5.16. The zero-order valence-corrected chi connectivity index (χ0v) is 15.0. The third kappa shape index (κ3) is 3.64. The van der Waals surface area contributed by atoms with Crippen LogP contribution >= 0.6 is 0 Å². The molecule has 2 aromatic rings. The van der Waals surface area contributed by atoms with Gasteiger partial charge in [0.25, 0.3) is 0 Å². The summed E-state index contributed by atoms with van der Waals surface area (Å²) in [7, 11) is 1.65. The van der Waals surface area contributed by atoms with Crippen molar-refractivity contribution in [2.45, 2.75) is 31.7 Å². The van der Waals surface area contributed by atoms with Gasteiger partial charge in [-0.2, -0.15) is 0 Å². The Morgan fingerprint density at radius 3 is 2.64 bits per heavy atom. The normalized spacial score (nSPS) is 21.5. The third-order valence-electron chi connectivity index (χ3n) is 5.56. The van der Waals surface area contributed by atoms with Crippen LogP contribution in [0.3, 0.4) is 0 Å². The average molecular weight is 337 g/mol. The molecule has 0 bridgehead atoms. The Kier molecular flexibility index (Phi) is 4.88. The summed E-state index contributed by atoms with van der Waals surface area (Å²) in [5, 5.41) is 0. The van der Waals surface area contributed by atoms with Gasteiger partial charge in [0, 0.05) is 42.6 Å². The van der Waals surface area contributed by atoms with Crippen molar-refractivity contribution >= 4 is 5.69 Å². The van der Waals surface area contributed by atoms with Crippen molar-refractivity contribution < 1.29 is 4.74 Å². The highest BCUT2D eigenvalue weighted by Gasteiger charge is 2.28. The number of anilines is 1. The predicted octanol–water partition coefficient (Wildman–Crippen LogP) is 3.82. The third-order valence-corrected chi connectivity index (χ3v) is 5.56. The maximum Gasteiger partial charge on any atom is 0.212 e. The molecule has 1 unspecified atom stereocenters. The number of likely N-dealkylation sites (tertiary alicyclic amines) is 1. The number of benzene rings is 1. The SMILES string of the molecule is COc1ccc(-c2cccc(N3CCC(N4CCCCC4)C3)c2)cn1. The molecule has 1 aromatic heterocycles. The van der Waals surface area contributed by atoms with E-state index in [0.29, 0.717) is 5.88 Å². The number of piperidine rings is 1. The van der Waals surface area contributed by atoms with Crippen LogP contribution in [-0.2, 0) is 0 Å². The van der Waals surface area contributed by atoms with Crippen LogP contribution in [0.1, 0.15) is 25.7 Å². The zero-order chi connectivity index (χ0) is 17.1. The summed E-state index contributed by atoms with van der Waals surface area (Å²) in [4.78, 5) is 9.58. The van der Waals surface area contributed by atoms with E-state index in [2.05, 4.69) is 45.1 Å². The Balaban J connectivity index is 1.47. The molecule has 0 amide bonds. The number of nitrogens with zero attached hydrogens (tertiary/aromatic N) is 3. The second-order valence-electron chi connectivity index (χ2n) is 7.12. The number of methoxy groups -OCH3 is 1. The summed E-state index contributed by atoms with van der Waals surface area (Å²) < 4.78 is 5.16. The van der Waals surface area contributed by atoms with Crippen molar-refractivity contribution in [1.82, 2.24) is 9.88 Å². The van der Waals surface area contributed by atoms with Crippen molar-refractivity contribution in [3.63, 3.8) is 0 Å². The lowest BCUT2D eigenvalue weighted by molar-refractivity contribution is 0.175. The number of hydrogen-bond acceptors (Lipinski definition) is 4. The van der Waals surface area contributed by atoms with Gasteiger partial charge >= 0.3 is 0 Å². The van der Waals surface area contributed by atoms with Gasteiger partial charge in [0.1, 0.15) is 0 Å². The fraction of sp³-hybridized carbons (Fsp3) is 0.476. The molecule has 1 atom stereocenters. The van der Waals surface area contributed by atoms with Gasteiger partial charge < -0.3 is 9.64 Å². The molecule has 0 N–H and O–H groups in total. The van der Waals surface area contributed by atoms with Gasteiger partial charge in [0.15, 0.2) is 0 Å². The summed E-state index contributed by atoms with van der Waals surface area (Å²) >= 11 is 0. The van der Waals surface area contributed by atoms with Crippen molar-refractivity contribution in [2.24, 2.45) is 0 Å². The van der Waals surface area contributed by atoms with Crippen molar-refractivity contribution in [2.75, 3.05) is 38.2 Å². The van der Waals surface area contributed by atoms with E-state index < -0.39 is 0 Å². The molecule has 0 spiro atoms. The summed E-state index contributed by atoms with van der Waals surface area (Å²) in [5.74, 6) is 0.656. The second kappa shape index (κ2) is 7.44. The Labute approximate surface area is 150 Å². The Hall–Kier alpha value is -2.07. The minimum Gasteiger partial charge on any atom is -0.481 e. The first-order chi connectivity index (χ1) is 12.3. The van der Waals surface area contributed by atoms with Crippen LogP contribution in [0.15, 0.2) is 42.6 Å². The summed E-state index contributed by atoms with van der Waals surface area (Å²) in [6.07, 6.45) is 7.32. The minimum atomic E-state index is 0.656. The zero-order valence-electron chi connectivity index (χ0n) is 15.0. The number of hydrogen-bond donors (Lipinski definition) is 0. The Morgan fingerprint density at radius 1 is 1.00 bits per heavy atom. The lowest BCUT2D eigenvalue weighted by Crippen LogP contribution is -2.40. The first kappa shape index (κ1) is 16.4. The standard InChI is InChI=1S/C21H27N3O/c1-25-21-9-8-18(15-22-21)17-6-5-7-19(14-17)24-13-10-20(16-24)23-11-3-2-4-12-23/h5-9,14-15,20H,2-4,10-13,16H2,1H3. The topological polar surface area (TPSA) is 28.6 Å². The predicted molar refractivity (Wildman–Crippen MR) is 102 cm³/mol. The summed E-state index contributed by atoms with van der Waals surface area (Å²) in [6, 6.07) is 13.6. The number of pyridine rings is 1. The lowest BCUT2D eigenvalue weighted by Gasteiger charge is -2.32. The lowest BCUT2D eigenvalue weighted by atomic mass is 10.1. The molecule has 1 aromatic carbocycles. The second-order valence-corrected chi connectivity index (χ2v) is 7.12. The quantitative estimate of drug-likeness (QED) is 0.848. The highest BCUT2D eigenvalue weighted by Crippen LogP contribution is 2.29. The van der Waals surface area contributed by atoms with Gasteiger partial charge in [-0.1, -0.05) is 18.6 Å². The molecule has 2 aliphatic heterocycles. The number of rotatable bonds is 4. The highest BCUT2D eigenvalue weighted by molar-refractivity contribution is 5.68. The van der Waals surface area contributed by atoms with E-state index in [-0.39, 0.29) is 0 Å². The largest absolute Gasteiger partial charge is 0.481 e. The van der Waals surface area contributed by atoms with Crippen molar-refractivity contribution in [3.05, 3.63) is 42.6 Å². The van der Waals surface area contributed by atoms with Gasteiger partial charge in [-0.15, -0.1) is 0 Å². The van der Waals surface area contributed by atoms with Crippen LogP contribution in [0, 0.1) is 0 Å². The van der Waals surface area contributed by atoms with Crippen LogP contribution in [0.5, 0.6) is 5.88 Å². The van der Waals surface area contributed by atoms with Crippen molar-refractivity contribution in [3.8, 4) is 17.0 Å². The van der Waals surface area contributed by atoms with Crippen LogP contribution in [-0.4, -0.2) is 49.2 Å². The Bertz CT molecular complexity index is 695. The molecule has 0 saturated carbocycles. The first-order valence-corrected chi connectivity index (χ1v) is 9.43. The van der Waals surface area contributed by atoms with Gasteiger partial charge in [0.05, 0.1) is 7.11 Å². The van der Waals surface area contributed by atoms with Gasteiger partial charge in [-0.25, -0.2) is 4.98 Å². The average Bonchev–Trinajstić information content (AvgIpc) is 3.19. The summed E-state index contributed by atoms with van der Waals surface area (Å²) in [5.41, 5.74) is 3.68. The molecule has 2 aliphatic rings. The minimum absolute atomic E-state index is 0.656. The molecule has 4 heteroatoms. The highest BCUT2D eigenvalue weighted by atomic mass is 16.5. The molecule has 0 aliphatic carbocycles. The molecule has 25 heavy (non-hydrogen) atoms. The van der Waals surface area contributed by atoms with E-state index in [9.17, 15) is 0 Å². The molecule has 4 nitrogen and oxygen atoms in total. The monoisotopic (exact) mass is 337 g/mol. The van der Waals surface area contributed by atoms with Crippen LogP contribution < -0.4 is 9.64 Å². The molecule has 132 valence electrons. The molecular formula is C21H27N3O. The molecule has 2 saturated heterocycles. The first-order valence-electron chi connectivity index (χ1n) is 9.43. The van der Waals surface area contributed by atoms with Crippen LogP contribution in [0.4, 0.5) is 5.69 Å². The molecule has 3 heterocycles. The van der Waals surface area contributed by atoms with Crippen LogP contribution in [0.25, 0.3) is 11.1 Å². The van der Waals surface area contributed by atoms with Crippen molar-refractivity contribution in [1.29, 1.82) is 0 Å². The molecule has 0 radical (unpaired) electrons. The van der Waals surface area contributed by atoms with E-state index in [1.54, 1.807) is 7.11 Å². The molecule has 2 fully saturated rings. The Morgan fingerprint density at radius 2 is 1.88 bits per heavy atom. The molecule has 4 rings (SSSR count). The van der Waals surface area contributed by atoms with E-state index in [0.717, 1.165) is 24.7 Å². The van der Waals surface area contributed by atoms with E-state index >= 15 is 0 Å². The molecular weight excluding hydrogens is 310 g/mol. The summed E-state index contributed by atoms with van der Waals surface area (Å²) in [6.45, 7) is 4.89. The van der Waals surface area contributed by atoms with Gasteiger partial charge in [-0.05, 0) is 56.1 Å². The van der Waals surface area contributed by atoms with Crippen LogP contribution in [0.2, 0.25) is 0 Å². The fourth-order valence-corrected chi connectivity index (χ4v) is 4.11. The van der Waals surface area contributed by atoms with E-state index in [1.165, 1.54) is 50.0 Å². The van der Waals surface area contributed by atoms with Gasteiger partial charge in [-0.3, -0.25) is 4.90 Å². The fourth-order valence-electron chi connectivity index (χ4n) is 4.11. The van der Waals surface area contributed by atoms with E-state index in [4.69, 9.17) is 4.74 Å². The smallest absolute Gasteiger partial charge is 0.212 e. The number of ether oxygens (including phenoxy) is 1. The maximum atomic E-state index is 5.16.